The van der Waals surface area contributed by atoms with E-state index in [0.29, 0.717) is 12.8 Å². The largest absolute Gasteiger partial charge is 0.481 e. The van der Waals surface area contributed by atoms with Gasteiger partial charge in [0.05, 0.1) is 6.42 Å². The molecule has 0 fully saturated rings. The Hall–Kier alpha value is -1.03. The molecule has 1 N–H and O–H groups in total. The molecule has 0 spiro atoms. The number of aliphatic carboxylic acids is 1. The average molecular weight is 207 g/mol. The molecule has 4 nitrogen and oxygen atoms in total. The summed E-state index contributed by atoms with van der Waals surface area (Å²) in [6, 6.07) is 0. The lowest BCUT2D eigenvalue weighted by molar-refractivity contribution is -0.137. The number of hydrogen-bond acceptors (Lipinski definition) is 3. The summed E-state index contributed by atoms with van der Waals surface area (Å²) in [6.07, 6.45) is 4.77. The van der Waals surface area contributed by atoms with Gasteiger partial charge >= 0.3 is 11.9 Å². The first kappa shape index (κ1) is 12.0. The second-order valence-corrected chi connectivity index (χ2v) is 2.55. The maximum Gasteiger partial charge on any atom is 0.325 e. The summed E-state index contributed by atoms with van der Waals surface area (Å²) in [7, 11) is 0. The van der Waals surface area contributed by atoms with E-state index >= 15 is 0 Å². The maximum absolute atomic E-state index is 10.5. The van der Waals surface area contributed by atoms with E-state index in [1.807, 2.05) is 0 Å². The van der Waals surface area contributed by atoms with Crippen LogP contribution < -0.4 is 0 Å². The lowest BCUT2D eigenvalue weighted by Gasteiger charge is -1.91. The molecule has 0 amide bonds. The number of carboxylic acids is 1. The summed E-state index contributed by atoms with van der Waals surface area (Å²) in [5.74, 6) is -1.31. The number of rotatable bonds is 6. The Kier molecular flexibility index (Phi) is 7.01. The van der Waals surface area contributed by atoms with Gasteiger partial charge in [-0.3, -0.25) is 9.59 Å². The summed E-state index contributed by atoms with van der Waals surface area (Å²) in [5.41, 5.74) is 0. The smallest absolute Gasteiger partial charge is 0.325 e. The first-order valence-corrected chi connectivity index (χ1v) is 4.16. The van der Waals surface area contributed by atoms with Crippen LogP contribution in [0.25, 0.3) is 0 Å². The summed E-state index contributed by atoms with van der Waals surface area (Å²) in [6.45, 7) is 0. The van der Waals surface area contributed by atoms with Gasteiger partial charge in [-0.2, -0.15) is 0 Å². The molecule has 0 aromatic heterocycles. The Balaban J connectivity index is 3.31. The zero-order valence-corrected chi connectivity index (χ0v) is 7.79. The van der Waals surface area contributed by atoms with Gasteiger partial charge < -0.3 is 9.40 Å². The fourth-order valence-corrected chi connectivity index (χ4v) is 0.759. The third-order valence-electron chi connectivity index (χ3n) is 1.29. The van der Waals surface area contributed by atoms with Crippen LogP contribution in [0.15, 0.2) is 12.2 Å². The first-order chi connectivity index (χ1) is 6.16. The minimum Gasteiger partial charge on any atom is -0.481 e. The highest BCUT2D eigenvalue weighted by Gasteiger charge is 1.97. The number of carbonyl (C=O) groups is 2. The van der Waals surface area contributed by atoms with Gasteiger partial charge in [-0.05, 0) is 12.8 Å². The topological polar surface area (TPSA) is 63.6 Å². The van der Waals surface area contributed by atoms with Crippen molar-refractivity contribution in [3.8, 4) is 0 Å². The van der Waals surface area contributed by atoms with Crippen LogP contribution in [0.4, 0.5) is 0 Å². The van der Waals surface area contributed by atoms with Gasteiger partial charge in [-0.1, -0.05) is 12.2 Å². The van der Waals surface area contributed by atoms with E-state index in [1.54, 1.807) is 12.2 Å². The number of carboxylic acid groups (broad SMARTS) is 1. The van der Waals surface area contributed by atoms with E-state index in [0.717, 1.165) is 0 Å². The number of hydrogen-bond donors (Lipinski definition) is 1. The molecule has 0 aromatic rings. The van der Waals surface area contributed by atoms with E-state index in [9.17, 15) is 9.59 Å². The third kappa shape index (κ3) is 8.88. The predicted octanol–water partition coefficient (Wildman–Crippen LogP) is 1.88. The van der Waals surface area contributed by atoms with Crippen LogP contribution in [0, 0.1) is 0 Å². The van der Waals surface area contributed by atoms with Crippen LogP contribution in [0.3, 0.4) is 0 Å². The van der Waals surface area contributed by atoms with E-state index in [4.69, 9.17) is 17.0 Å². The zero-order valence-electron chi connectivity index (χ0n) is 7.03. The molecule has 0 unspecified atom stereocenters. The van der Waals surface area contributed by atoms with Gasteiger partial charge in [0.15, 0.2) is 0 Å². The predicted molar refractivity (Wildman–Crippen MR) is 47.2 cm³/mol. The van der Waals surface area contributed by atoms with Crippen molar-refractivity contribution in [1.82, 2.24) is 0 Å². The number of halogens is 1. The molecular formula is C8H11ClO4. The van der Waals surface area contributed by atoms with Crippen LogP contribution in [0.2, 0.25) is 0 Å². The van der Waals surface area contributed by atoms with Gasteiger partial charge in [0.1, 0.15) is 11.9 Å². The van der Waals surface area contributed by atoms with Gasteiger partial charge in [-0.25, -0.2) is 0 Å². The Bertz CT molecular complexity index is 200. The third-order valence-corrected chi connectivity index (χ3v) is 1.46. The molecule has 0 aliphatic carbocycles. The molecule has 0 saturated heterocycles. The Morgan fingerprint density at radius 2 is 1.77 bits per heavy atom. The summed E-state index contributed by atoms with van der Waals surface area (Å²) >= 11 is 4.78. The molecule has 0 atom stereocenters. The Morgan fingerprint density at radius 3 is 2.23 bits per heavy atom. The molecule has 0 aliphatic rings. The minimum absolute atomic E-state index is 0.108. The molecule has 5 heteroatoms. The monoisotopic (exact) mass is 206 g/mol. The van der Waals surface area contributed by atoms with Crippen molar-refractivity contribution in [3.63, 3.8) is 0 Å². The first-order valence-electron chi connectivity index (χ1n) is 3.85. The average Bonchev–Trinajstić information content (AvgIpc) is 2.10. The molecule has 0 bridgehead atoms. The maximum atomic E-state index is 10.5. The summed E-state index contributed by atoms with van der Waals surface area (Å²) in [5, 5.41) is 8.27. The van der Waals surface area contributed by atoms with Crippen molar-refractivity contribution in [2.75, 3.05) is 0 Å². The quantitative estimate of drug-likeness (QED) is 0.674. The number of carbonyl (C=O) groups excluding carboxylic acids is 1. The Morgan fingerprint density at radius 1 is 1.23 bits per heavy atom. The van der Waals surface area contributed by atoms with Gasteiger partial charge in [-0.15, -0.1) is 0 Å². The van der Waals surface area contributed by atoms with Crippen molar-refractivity contribution >= 4 is 23.8 Å². The van der Waals surface area contributed by atoms with Crippen molar-refractivity contribution in [1.29, 1.82) is 0 Å². The summed E-state index contributed by atoms with van der Waals surface area (Å²) < 4.78 is 3.90. The Labute approximate surface area is 81.3 Å². The van der Waals surface area contributed by atoms with Gasteiger partial charge in [0, 0.05) is 6.42 Å². The molecule has 0 rings (SSSR count). The van der Waals surface area contributed by atoms with Crippen molar-refractivity contribution in [2.24, 2.45) is 0 Å². The highest BCUT2D eigenvalue weighted by Crippen LogP contribution is 1.98. The molecule has 0 aliphatic heterocycles. The van der Waals surface area contributed by atoms with Crippen LogP contribution in [-0.2, 0) is 13.9 Å². The second-order valence-electron chi connectivity index (χ2n) is 2.39. The van der Waals surface area contributed by atoms with Crippen LogP contribution in [0.5, 0.6) is 0 Å². The van der Waals surface area contributed by atoms with Crippen molar-refractivity contribution in [2.45, 2.75) is 25.7 Å². The lowest BCUT2D eigenvalue weighted by Crippen LogP contribution is -1.94. The molecule has 0 heterocycles. The normalized spacial score (nSPS) is 10.2. The van der Waals surface area contributed by atoms with E-state index in [-0.39, 0.29) is 12.8 Å². The van der Waals surface area contributed by atoms with Gasteiger partial charge in [0.2, 0.25) is 0 Å². The van der Waals surface area contributed by atoms with E-state index in [2.05, 4.69) is 4.29 Å². The fourth-order valence-electron chi connectivity index (χ4n) is 0.682. The molecule has 0 radical (unpaired) electrons. The highest BCUT2D eigenvalue weighted by atomic mass is 35.5. The highest BCUT2D eigenvalue weighted by molar-refractivity contribution is 6.13. The number of allylic oxidation sites excluding steroid dienone is 2. The van der Waals surface area contributed by atoms with Gasteiger partial charge in [0.25, 0.3) is 0 Å². The standard InChI is InChI=1S/C8H11ClO4/c9-13-8(12)6-4-2-1-3-5-7(10)11/h1-2H,3-6H2,(H,10,11)/b2-1+. The van der Waals surface area contributed by atoms with Crippen LogP contribution >= 0.6 is 11.9 Å². The van der Waals surface area contributed by atoms with E-state index < -0.39 is 11.9 Å². The molecule has 0 aromatic carbocycles. The second kappa shape index (κ2) is 7.61. The molecule has 74 valence electrons. The minimum atomic E-state index is -0.829. The van der Waals surface area contributed by atoms with Crippen molar-refractivity contribution < 1.29 is 19.0 Å². The van der Waals surface area contributed by atoms with Crippen LogP contribution in [-0.4, -0.2) is 17.0 Å². The fraction of sp³-hybridized carbons (Fsp3) is 0.500. The summed E-state index contributed by atoms with van der Waals surface area (Å²) in [4.78, 5) is 20.5. The van der Waals surface area contributed by atoms with Crippen LogP contribution in [0.1, 0.15) is 25.7 Å². The zero-order chi connectivity index (χ0) is 10.1. The lowest BCUT2D eigenvalue weighted by atomic mass is 10.2. The van der Waals surface area contributed by atoms with Crippen molar-refractivity contribution in [3.05, 3.63) is 12.2 Å². The molecular weight excluding hydrogens is 196 g/mol. The van der Waals surface area contributed by atoms with E-state index in [1.165, 1.54) is 0 Å². The molecule has 0 saturated carbocycles. The SMILES string of the molecule is O=C(O)CC/C=C/CCC(=O)OCl. The molecule has 13 heavy (non-hydrogen) atoms.